The molecule has 2 aromatic rings. The van der Waals surface area contributed by atoms with Crippen molar-refractivity contribution < 1.29 is 14.3 Å². The van der Waals surface area contributed by atoms with E-state index in [9.17, 15) is 4.79 Å². The molecule has 6 heteroatoms. The van der Waals surface area contributed by atoms with Crippen LogP contribution in [0.15, 0.2) is 45.8 Å². The highest BCUT2D eigenvalue weighted by molar-refractivity contribution is 9.10. The largest absolute Gasteiger partial charge is 0.495 e. The number of benzene rings is 2. The lowest BCUT2D eigenvalue weighted by Crippen LogP contribution is -2.08. The van der Waals surface area contributed by atoms with Gasteiger partial charge in [-0.3, -0.25) is 0 Å². The van der Waals surface area contributed by atoms with Crippen molar-refractivity contribution in [1.29, 1.82) is 0 Å². The second-order valence-corrected chi connectivity index (χ2v) is 6.69. The minimum atomic E-state index is -0.417. The lowest BCUT2D eigenvalue weighted by Gasteiger charge is -2.13. The van der Waals surface area contributed by atoms with Crippen LogP contribution in [-0.2, 0) is 10.5 Å². The third-order valence-electron chi connectivity index (χ3n) is 2.98. The third kappa shape index (κ3) is 3.97. The Bertz CT molecular complexity index is 691. The van der Waals surface area contributed by atoms with E-state index in [2.05, 4.69) is 15.9 Å². The molecule has 0 bridgehead atoms. The molecule has 22 heavy (non-hydrogen) atoms. The van der Waals surface area contributed by atoms with Crippen LogP contribution in [0.25, 0.3) is 0 Å². The average Bonchev–Trinajstić information content (AvgIpc) is 2.52. The van der Waals surface area contributed by atoms with Crippen LogP contribution in [0.3, 0.4) is 0 Å². The Morgan fingerprint density at radius 3 is 2.68 bits per heavy atom. The molecule has 0 aliphatic heterocycles. The molecule has 0 aliphatic rings. The number of hydrogen-bond donors (Lipinski definition) is 0. The summed E-state index contributed by atoms with van der Waals surface area (Å²) in [5.74, 6) is 0.671. The number of esters is 1. The summed E-state index contributed by atoms with van der Waals surface area (Å²) in [5, 5.41) is 0.687. The standard InChI is InChI=1S/C16H14BrClO3S/c1-20-15-13(17)7-6-10(14(15)16(19)21-2)9-22-12-5-3-4-11(18)8-12/h3-8H,9H2,1-2H3. The number of hydrogen-bond acceptors (Lipinski definition) is 4. The SMILES string of the molecule is COC(=O)c1c(CSc2cccc(Cl)c2)ccc(Br)c1OC. The molecule has 2 aromatic carbocycles. The monoisotopic (exact) mass is 400 g/mol. The van der Waals surface area contributed by atoms with Crippen molar-refractivity contribution in [3.05, 3.63) is 57.0 Å². The Morgan fingerprint density at radius 1 is 1.27 bits per heavy atom. The number of thioether (sulfide) groups is 1. The van der Waals surface area contributed by atoms with Gasteiger partial charge in [-0.2, -0.15) is 0 Å². The zero-order chi connectivity index (χ0) is 16.1. The van der Waals surface area contributed by atoms with Gasteiger partial charge in [-0.15, -0.1) is 11.8 Å². The Kier molecular flexibility index (Phi) is 6.17. The number of methoxy groups -OCH3 is 2. The molecule has 0 radical (unpaired) electrons. The van der Waals surface area contributed by atoms with Crippen molar-refractivity contribution in [2.75, 3.05) is 14.2 Å². The molecule has 0 spiro atoms. The van der Waals surface area contributed by atoms with Gasteiger partial charge in [0, 0.05) is 15.7 Å². The van der Waals surface area contributed by atoms with Gasteiger partial charge < -0.3 is 9.47 Å². The average molecular weight is 402 g/mol. The lowest BCUT2D eigenvalue weighted by atomic mass is 10.1. The summed E-state index contributed by atoms with van der Waals surface area (Å²) in [4.78, 5) is 13.1. The van der Waals surface area contributed by atoms with Crippen LogP contribution in [0.4, 0.5) is 0 Å². The zero-order valence-corrected chi connectivity index (χ0v) is 15.2. The maximum Gasteiger partial charge on any atom is 0.342 e. The molecule has 3 nitrogen and oxygen atoms in total. The van der Waals surface area contributed by atoms with Crippen molar-refractivity contribution in [3.8, 4) is 5.75 Å². The maximum absolute atomic E-state index is 12.1. The van der Waals surface area contributed by atoms with E-state index in [0.717, 1.165) is 10.5 Å². The number of ether oxygens (including phenoxy) is 2. The normalized spacial score (nSPS) is 10.4. The molecule has 0 N–H and O–H groups in total. The fraction of sp³-hybridized carbons (Fsp3) is 0.188. The molecular weight excluding hydrogens is 388 g/mol. The first-order chi connectivity index (χ1) is 10.6. The first-order valence-electron chi connectivity index (χ1n) is 6.39. The van der Waals surface area contributed by atoms with Crippen molar-refractivity contribution in [1.82, 2.24) is 0 Å². The van der Waals surface area contributed by atoms with Crippen molar-refractivity contribution in [3.63, 3.8) is 0 Å². The zero-order valence-electron chi connectivity index (χ0n) is 12.1. The van der Waals surface area contributed by atoms with E-state index in [1.165, 1.54) is 14.2 Å². The van der Waals surface area contributed by atoms with Crippen LogP contribution in [0.5, 0.6) is 5.75 Å². The number of carbonyl (C=O) groups excluding carboxylic acids is 1. The topological polar surface area (TPSA) is 35.5 Å². The summed E-state index contributed by atoms with van der Waals surface area (Å²) in [6.45, 7) is 0. The first kappa shape index (κ1) is 17.2. The van der Waals surface area contributed by atoms with Gasteiger partial charge in [0.25, 0.3) is 0 Å². The predicted octanol–water partition coefficient (Wildman–Crippen LogP) is 5.19. The maximum atomic E-state index is 12.1. The third-order valence-corrected chi connectivity index (χ3v) is 4.88. The predicted molar refractivity (Wildman–Crippen MR) is 93.0 cm³/mol. The fourth-order valence-electron chi connectivity index (χ4n) is 1.96. The Morgan fingerprint density at radius 2 is 2.05 bits per heavy atom. The van der Waals surface area contributed by atoms with Crippen LogP contribution >= 0.6 is 39.3 Å². The van der Waals surface area contributed by atoms with Crippen molar-refractivity contribution in [2.24, 2.45) is 0 Å². The molecule has 2 rings (SSSR count). The molecule has 0 amide bonds. The molecule has 0 saturated heterocycles. The van der Waals surface area contributed by atoms with Gasteiger partial charge in [0.1, 0.15) is 11.3 Å². The van der Waals surface area contributed by atoms with Gasteiger partial charge in [0.2, 0.25) is 0 Å². The van der Waals surface area contributed by atoms with Crippen LogP contribution < -0.4 is 4.74 Å². The van der Waals surface area contributed by atoms with Gasteiger partial charge >= 0.3 is 5.97 Å². The van der Waals surface area contributed by atoms with E-state index < -0.39 is 5.97 Å². The highest BCUT2D eigenvalue weighted by Gasteiger charge is 2.20. The summed E-state index contributed by atoms with van der Waals surface area (Å²) >= 11 is 11.0. The highest BCUT2D eigenvalue weighted by Crippen LogP contribution is 2.35. The minimum absolute atomic E-state index is 0.417. The van der Waals surface area contributed by atoms with E-state index >= 15 is 0 Å². The summed E-state index contributed by atoms with van der Waals surface area (Å²) in [6, 6.07) is 11.3. The van der Waals surface area contributed by atoms with Crippen LogP contribution in [0.1, 0.15) is 15.9 Å². The van der Waals surface area contributed by atoms with Crippen molar-refractivity contribution in [2.45, 2.75) is 10.6 Å². The molecule has 0 saturated carbocycles. The second-order valence-electron chi connectivity index (χ2n) is 4.35. The summed E-state index contributed by atoms with van der Waals surface area (Å²) in [7, 11) is 2.89. The minimum Gasteiger partial charge on any atom is -0.495 e. The van der Waals surface area contributed by atoms with E-state index in [1.54, 1.807) is 11.8 Å². The van der Waals surface area contributed by atoms with Gasteiger partial charge in [-0.25, -0.2) is 4.79 Å². The molecule has 0 aliphatic carbocycles. The van der Waals surface area contributed by atoms with Gasteiger partial charge in [0.05, 0.1) is 18.7 Å². The van der Waals surface area contributed by atoms with Gasteiger partial charge in [-0.1, -0.05) is 23.7 Å². The smallest absolute Gasteiger partial charge is 0.342 e. The molecule has 0 aromatic heterocycles. The Balaban J connectivity index is 2.32. The highest BCUT2D eigenvalue weighted by atomic mass is 79.9. The van der Waals surface area contributed by atoms with Gasteiger partial charge in [0.15, 0.2) is 0 Å². The summed E-state index contributed by atoms with van der Waals surface area (Å²) in [6.07, 6.45) is 0. The number of halogens is 2. The van der Waals surface area contributed by atoms with Crippen LogP contribution in [0.2, 0.25) is 5.02 Å². The molecule has 0 unspecified atom stereocenters. The molecule has 0 fully saturated rings. The molecule has 0 heterocycles. The second kappa shape index (κ2) is 7.90. The van der Waals surface area contributed by atoms with Crippen molar-refractivity contribution >= 4 is 45.3 Å². The number of carbonyl (C=O) groups is 1. The fourth-order valence-corrected chi connectivity index (χ4v) is 3.66. The molecular formula is C16H14BrClO3S. The first-order valence-corrected chi connectivity index (χ1v) is 8.54. The van der Waals surface area contributed by atoms with E-state index in [1.807, 2.05) is 36.4 Å². The summed E-state index contributed by atoms with van der Waals surface area (Å²) in [5.41, 5.74) is 1.28. The van der Waals surface area contributed by atoms with E-state index in [-0.39, 0.29) is 0 Å². The summed E-state index contributed by atoms with van der Waals surface area (Å²) < 4.78 is 10.9. The van der Waals surface area contributed by atoms with Crippen LogP contribution in [0, 0.1) is 0 Å². The quantitative estimate of drug-likeness (QED) is 0.510. The molecule has 0 atom stereocenters. The van der Waals surface area contributed by atoms with Crippen LogP contribution in [-0.4, -0.2) is 20.2 Å². The lowest BCUT2D eigenvalue weighted by molar-refractivity contribution is 0.0596. The Labute approximate surface area is 147 Å². The van der Waals surface area contributed by atoms with E-state index in [0.29, 0.717) is 26.6 Å². The van der Waals surface area contributed by atoms with E-state index in [4.69, 9.17) is 21.1 Å². The molecule has 116 valence electrons. The number of rotatable bonds is 5. The Hall–Kier alpha value is -1.17. The van der Waals surface area contributed by atoms with Gasteiger partial charge in [-0.05, 0) is 45.8 Å².